The van der Waals surface area contributed by atoms with E-state index in [2.05, 4.69) is 55.4 Å². The van der Waals surface area contributed by atoms with Crippen LogP contribution in [0.1, 0.15) is 312 Å². The first kappa shape index (κ1) is 82.1. The van der Waals surface area contributed by atoms with E-state index in [0.29, 0.717) is 31.6 Å². The molecule has 0 aromatic heterocycles. The Labute approximate surface area is 511 Å². The van der Waals surface area contributed by atoms with Crippen LogP contribution in [0, 0.1) is 23.7 Å². The molecule has 0 fully saturated rings. The molecule has 6 atom stereocenters. The molecule has 0 aliphatic rings. The zero-order valence-electron chi connectivity index (χ0n) is 54.5. The SMILES string of the molecule is CCC(C)CCCCCCCCC(=O)OC[C@H](COP(=O)(O)OC[C@@H](O)COP(=O)(O)OC[C@@H](COC(=O)CCCCCCCCC(C)C)OC(=O)CCCCCCCCCCCCCC(C)C)OC(=O)CCCCCCCCCCC(C)C. The Bertz CT molecular complexity index is 1680. The number of carbonyl (C=O) groups excluding carboxylic acids is 4. The van der Waals surface area contributed by atoms with Crippen molar-refractivity contribution in [3.8, 4) is 0 Å². The molecule has 0 aromatic rings. The van der Waals surface area contributed by atoms with Gasteiger partial charge in [-0.2, -0.15) is 0 Å². The smallest absolute Gasteiger partial charge is 0.462 e. The van der Waals surface area contributed by atoms with E-state index in [1.807, 2.05) is 0 Å². The summed E-state index contributed by atoms with van der Waals surface area (Å²) in [5.41, 5.74) is 0. The molecule has 84 heavy (non-hydrogen) atoms. The lowest BCUT2D eigenvalue weighted by atomic mass is 10.00. The molecule has 0 aromatic carbocycles. The third-order valence-electron chi connectivity index (χ3n) is 15.2. The number of aliphatic hydroxyl groups excluding tert-OH is 1. The number of phosphoric acid groups is 2. The van der Waals surface area contributed by atoms with Crippen LogP contribution in [0.4, 0.5) is 0 Å². The van der Waals surface area contributed by atoms with Gasteiger partial charge in [-0.1, -0.05) is 261 Å². The molecule has 498 valence electrons. The van der Waals surface area contributed by atoms with Crippen LogP contribution in [0.5, 0.6) is 0 Å². The first-order chi connectivity index (χ1) is 40.1. The van der Waals surface area contributed by atoms with Gasteiger partial charge in [-0.25, -0.2) is 9.13 Å². The minimum Gasteiger partial charge on any atom is -0.462 e. The number of esters is 4. The molecule has 0 spiro atoms. The molecule has 3 N–H and O–H groups in total. The van der Waals surface area contributed by atoms with Crippen molar-refractivity contribution in [2.45, 2.75) is 331 Å². The van der Waals surface area contributed by atoms with Crippen LogP contribution in [0.3, 0.4) is 0 Å². The van der Waals surface area contributed by atoms with E-state index in [-0.39, 0.29) is 25.7 Å². The fourth-order valence-corrected chi connectivity index (χ4v) is 11.2. The topological polar surface area (TPSA) is 237 Å². The van der Waals surface area contributed by atoms with Crippen molar-refractivity contribution in [2.24, 2.45) is 23.7 Å². The molecule has 17 nitrogen and oxygen atoms in total. The fraction of sp³-hybridized carbons (Fsp3) is 0.938. The van der Waals surface area contributed by atoms with Gasteiger partial charge in [0.2, 0.25) is 0 Å². The Balaban J connectivity index is 5.25. The van der Waals surface area contributed by atoms with Gasteiger partial charge in [0.15, 0.2) is 12.2 Å². The first-order valence-corrected chi connectivity index (χ1v) is 36.7. The van der Waals surface area contributed by atoms with Gasteiger partial charge in [0, 0.05) is 25.7 Å². The average molecular weight is 1240 g/mol. The van der Waals surface area contributed by atoms with Crippen LogP contribution in [-0.2, 0) is 65.4 Å². The second-order valence-corrected chi connectivity index (χ2v) is 28.1. The maximum atomic E-state index is 13.0. The van der Waals surface area contributed by atoms with Crippen molar-refractivity contribution in [3.63, 3.8) is 0 Å². The van der Waals surface area contributed by atoms with E-state index in [0.717, 1.165) is 120 Å². The number of ether oxygens (including phenoxy) is 4. The van der Waals surface area contributed by atoms with Crippen molar-refractivity contribution < 1.29 is 80.2 Å². The summed E-state index contributed by atoms with van der Waals surface area (Å²) in [6, 6.07) is 0. The standard InChI is InChI=1S/C65H126O17P2/c1-9-58(8)44-36-28-22-24-30-38-46-63(68)76-52-61(82-65(70)48-40-32-20-16-15-18-26-34-42-56(4)5)54-80-84(73,74)78-50-59(66)49-77-83(71,72)79-53-60(51-75-62(67)45-37-29-23-21-27-35-43-57(6)7)81-64(69)47-39-31-19-14-12-10-11-13-17-25-33-41-55(2)3/h55-61,66H,9-54H2,1-8H3,(H,71,72)(H,73,74)/t58?,59-,60+,61+/m0/s1. The molecule has 0 saturated carbocycles. The van der Waals surface area contributed by atoms with Crippen LogP contribution >= 0.6 is 15.6 Å². The Morgan fingerprint density at radius 2 is 0.571 bits per heavy atom. The normalized spacial score (nSPS) is 14.7. The highest BCUT2D eigenvalue weighted by Gasteiger charge is 2.30. The number of hydrogen-bond acceptors (Lipinski definition) is 15. The van der Waals surface area contributed by atoms with Crippen molar-refractivity contribution in [1.82, 2.24) is 0 Å². The number of unbranched alkanes of at least 4 members (excludes halogenated alkanes) is 27. The first-order valence-electron chi connectivity index (χ1n) is 33.7. The van der Waals surface area contributed by atoms with Crippen LogP contribution in [0.25, 0.3) is 0 Å². The van der Waals surface area contributed by atoms with Gasteiger partial charge in [0.05, 0.1) is 26.4 Å². The van der Waals surface area contributed by atoms with Crippen molar-refractivity contribution >= 4 is 39.5 Å². The molecule has 0 amide bonds. The van der Waals surface area contributed by atoms with Gasteiger partial charge in [0.1, 0.15) is 19.3 Å². The van der Waals surface area contributed by atoms with E-state index < -0.39 is 97.5 Å². The lowest BCUT2D eigenvalue weighted by Gasteiger charge is -2.21. The van der Waals surface area contributed by atoms with Crippen molar-refractivity contribution in [3.05, 3.63) is 0 Å². The minimum atomic E-state index is -4.95. The Hall–Kier alpha value is -1.94. The van der Waals surface area contributed by atoms with E-state index >= 15 is 0 Å². The monoisotopic (exact) mass is 1240 g/mol. The molecule has 0 heterocycles. The summed E-state index contributed by atoms with van der Waals surface area (Å²) in [7, 11) is -9.89. The third kappa shape index (κ3) is 57.8. The molecule has 0 rings (SSSR count). The molecule has 0 aliphatic heterocycles. The Kier molecular flexibility index (Phi) is 53.9. The summed E-state index contributed by atoms with van der Waals surface area (Å²) in [5, 5.41) is 10.5. The predicted octanol–water partition coefficient (Wildman–Crippen LogP) is 17.8. The van der Waals surface area contributed by atoms with Gasteiger partial charge in [0.25, 0.3) is 0 Å². The molecule has 19 heteroatoms. The van der Waals surface area contributed by atoms with Crippen LogP contribution in [-0.4, -0.2) is 96.7 Å². The summed E-state index contributed by atoms with van der Waals surface area (Å²) in [4.78, 5) is 72.2. The predicted molar refractivity (Wildman–Crippen MR) is 335 cm³/mol. The van der Waals surface area contributed by atoms with Gasteiger partial charge in [-0.05, 0) is 49.4 Å². The zero-order chi connectivity index (χ0) is 62.5. The molecular weight excluding hydrogens is 1110 g/mol. The number of aliphatic hydroxyl groups is 1. The third-order valence-corrected chi connectivity index (χ3v) is 17.1. The van der Waals surface area contributed by atoms with E-state index in [1.165, 1.54) is 103 Å². The lowest BCUT2D eigenvalue weighted by molar-refractivity contribution is -0.161. The maximum absolute atomic E-state index is 13.0. The number of hydrogen-bond donors (Lipinski definition) is 3. The van der Waals surface area contributed by atoms with Gasteiger partial charge < -0.3 is 33.8 Å². The second-order valence-electron chi connectivity index (χ2n) is 25.2. The van der Waals surface area contributed by atoms with Crippen LogP contribution < -0.4 is 0 Å². The van der Waals surface area contributed by atoms with Gasteiger partial charge in [-0.15, -0.1) is 0 Å². The van der Waals surface area contributed by atoms with Crippen LogP contribution in [0.2, 0.25) is 0 Å². The minimum absolute atomic E-state index is 0.103. The summed E-state index contributed by atoms with van der Waals surface area (Å²) in [6.07, 6.45) is 35.0. The number of rotatable bonds is 62. The molecule has 3 unspecified atom stereocenters. The molecule has 0 radical (unpaired) electrons. The molecule has 0 saturated heterocycles. The lowest BCUT2D eigenvalue weighted by Crippen LogP contribution is -2.30. The Morgan fingerprint density at radius 1 is 0.333 bits per heavy atom. The van der Waals surface area contributed by atoms with Crippen molar-refractivity contribution in [1.29, 1.82) is 0 Å². The van der Waals surface area contributed by atoms with Crippen LogP contribution in [0.15, 0.2) is 0 Å². The Morgan fingerprint density at radius 3 is 0.845 bits per heavy atom. The van der Waals surface area contributed by atoms with E-state index in [1.54, 1.807) is 0 Å². The highest BCUT2D eigenvalue weighted by molar-refractivity contribution is 7.47. The molecular formula is C65H126O17P2. The second kappa shape index (κ2) is 55.2. The highest BCUT2D eigenvalue weighted by Crippen LogP contribution is 2.45. The highest BCUT2D eigenvalue weighted by atomic mass is 31.2. The largest absolute Gasteiger partial charge is 0.472 e. The average Bonchev–Trinajstić information content (AvgIpc) is 3.54. The van der Waals surface area contributed by atoms with E-state index in [4.69, 9.17) is 37.0 Å². The summed E-state index contributed by atoms with van der Waals surface area (Å²) in [5.74, 6) is 0.753. The van der Waals surface area contributed by atoms with Gasteiger partial charge >= 0.3 is 39.5 Å². The molecule has 0 bridgehead atoms. The van der Waals surface area contributed by atoms with Crippen molar-refractivity contribution in [2.75, 3.05) is 39.6 Å². The summed E-state index contributed by atoms with van der Waals surface area (Å²) in [6.45, 7) is 13.9. The summed E-state index contributed by atoms with van der Waals surface area (Å²) < 4.78 is 68.0. The number of phosphoric ester groups is 2. The summed E-state index contributed by atoms with van der Waals surface area (Å²) >= 11 is 0. The fourth-order valence-electron chi connectivity index (χ4n) is 9.57. The molecule has 0 aliphatic carbocycles. The number of carbonyl (C=O) groups is 4. The zero-order valence-corrected chi connectivity index (χ0v) is 56.3. The van der Waals surface area contributed by atoms with E-state index in [9.17, 15) is 43.2 Å². The van der Waals surface area contributed by atoms with Gasteiger partial charge in [-0.3, -0.25) is 37.3 Å². The quantitative estimate of drug-likeness (QED) is 0.0222. The maximum Gasteiger partial charge on any atom is 0.472 e.